The van der Waals surface area contributed by atoms with Crippen molar-refractivity contribution in [3.05, 3.63) is 96.5 Å². The number of ether oxygens (including phenoxy) is 1. The van der Waals surface area contributed by atoms with E-state index in [9.17, 15) is 23.5 Å². The van der Waals surface area contributed by atoms with E-state index in [1.54, 1.807) is 6.92 Å². The van der Waals surface area contributed by atoms with Gasteiger partial charge in [-0.1, -0.05) is 0 Å². The molecule has 7 nitrogen and oxygen atoms in total. The molecule has 0 atom stereocenters. The van der Waals surface area contributed by atoms with Gasteiger partial charge < -0.3 is 4.55 Å². The standard InChI is InChI=1S/C22H20AsN2O2.CHF3O3S/c1-2-27-22(26)21(25-24)23(18-12-6-3-7-13-18,19-14-8-4-9-15-19)20-16-10-5-11-17-20;2-1(3,4)8(5,6)7/h3-17H,2H2,1H3;(H,5,6,7)/q+1;/p-1. The third kappa shape index (κ3) is 6.46. The summed E-state index contributed by atoms with van der Waals surface area (Å²) in [7, 11) is -6.09. The molecule has 35 heavy (non-hydrogen) atoms. The molecule has 0 saturated carbocycles. The number of benzene rings is 3. The predicted molar refractivity (Wildman–Crippen MR) is 125 cm³/mol. The van der Waals surface area contributed by atoms with Gasteiger partial charge in [-0.25, -0.2) is 8.42 Å². The van der Waals surface area contributed by atoms with E-state index in [0.29, 0.717) is 0 Å². The van der Waals surface area contributed by atoms with Gasteiger partial charge in [-0.15, -0.1) is 0 Å². The zero-order valence-corrected chi connectivity index (χ0v) is 21.0. The summed E-state index contributed by atoms with van der Waals surface area (Å²) in [6, 6.07) is 29.4. The molecule has 0 spiro atoms. The Morgan fingerprint density at radius 1 is 0.886 bits per heavy atom. The van der Waals surface area contributed by atoms with Crippen LogP contribution < -0.4 is 13.1 Å². The maximum atomic E-state index is 12.9. The van der Waals surface area contributed by atoms with E-state index in [1.807, 2.05) is 91.0 Å². The van der Waals surface area contributed by atoms with Crippen LogP contribution in [0.15, 0.2) is 91.0 Å². The van der Waals surface area contributed by atoms with E-state index < -0.39 is 35.1 Å². The van der Waals surface area contributed by atoms with E-state index in [-0.39, 0.29) is 11.1 Å². The second-order valence-corrected chi connectivity index (χ2v) is 15.0. The van der Waals surface area contributed by atoms with Crippen molar-refractivity contribution in [1.82, 2.24) is 0 Å². The molecule has 0 aliphatic rings. The summed E-state index contributed by atoms with van der Waals surface area (Å²) in [5, 5.41) is 0. The first-order valence-corrected chi connectivity index (χ1v) is 15.1. The monoisotopic (exact) mass is 568 g/mol. The molecule has 0 saturated heterocycles. The number of alkyl halides is 3. The number of esters is 1. The van der Waals surface area contributed by atoms with Crippen LogP contribution in [0, 0.1) is 0 Å². The van der Waals surface area contributed by atoms with Crippen molar-refractivity contribution in [2.75, 3.05) is 6.61 Å². The van der Waals surface area contributed by atoms with Gasteiger partial charge in [0.1, 0.15) is 0 Å². The van der Waals surface area contributed by atoms with Crippen molar-refractivity contribution in [3.8, 4) is 0 Å². The van der Waals surface area contributed by atoms with Crippen molar-refractivity contribution >= 4 is 47.2 Å². The van der Waals surface area contributed by atoms with Crippen LogP contribution in [0.2, 0.25) is 0 Å². The van der Waals surface area contributed by atoms with Crippen LogP contribution in [0.5, 0.6) is 0 Å². The van der Waals surface area contributed by atoms with Crippen LogP contribution >= 0.6 is 0 Å². The number of hydrogen-bond donors (Lipinski definition) is 0. The molecule has 0 N–H and O–H groups in total. The zero-order chi connectivity index (χ0) is 26.1. The maximum absolute atomic E-state index is 12.9. The predicted octanol–water partition coefficient (Wildman–Crippen LogP) is 1.98. The molecule has 0 aliphatic carbocycles. The van der Waals surface area contributed by atoms with Crippen molar-refractivity contribution in [1.29, 1.82) is 0 Å². The Morgan fingerprint density at radius 2 is 1.20 bits per heavy atom. The fraction of sp³-hybridized carbons (Fsp3) is 0.130. The van der Waals surface area contributed by atoms with Crippen molar-refractivity contribution in [2.45, 2.75) is 12.4 Å². The number of hydrogen-bond acceptors (Lipinski definition) is 5. The molecule has 0 fully saturated rings. The first-order valence-electron chi connectivity index (χ1n) is 9.98. The molecule has 3 aromatic carbocycles. The van der Waals surface area contributed by atoms with Crippen LogP contribution in [0.25, 0.3) is 5.53 Å². The molecule has 0 amide bonds. The summed E-state index contributed by atoms with van der Waals surface area (Å²) in [6.07, 6.45) is 0. The Hall–Kier alpha value is -3.23. The van der Waals surface area contributed by atoms with Gasteiger partial charge in [0.05, 0.1) is 0 Å². The summed E-state index contributed by atoms with van der Waals surface area (Å²) in [6.45, 7) is 1.96. The number of carbonyl (C=O) groups is 1. The Labute approximate surface area is 203 Å². The molecular weight excluding hydrogens is 548 g/mol. The number of nitrogens with zero attached hydrogens (tertiary/aromatic N) is 2. The molecule has 0 aromatic heterocycles. The summed E-state index contributed by atoms with van der Waals surface area (Å²) in [4.78, 5) is 16.4. The fourth-order valence-electron chi connectivity index (χ4n) is 3.21. The Morgan fingerprint density at radius 3 is 1.43 bits per heavy atom. The minimum absolute atomic E-state index is 0.0959. The molecule has 0 aliphatic heterocycles. The van der Waals surface area contributed by atoms with E-state index in [1.165, 1.54) is 0 Å². The van der Waals surface area contributed by atoms with Gasteiger partial charge in [0.2, 0.25) is 0 Å². The van der Waals surface area contributed by atoms with Gasteiger partial charge in [0.15, 0.2) is 10.1 Å². The Balaban J connectivity index is 0.000000466. The smallest absolute Gasteiger partial charge is 0.485 e. The molecule has 3 rings (SSSR count). The molecule has 12 heteroatoms. The van der Waals surface area contributed by atoms with Crippen LogP contribution in [0.4, 0.5) is 13.2 Å². The van der Waals surface area contributed by atoms with Crippen molar-refractivity contribution < 1.29 is 40.5 Å². The van der Waals surface area contributed by atoms with Crippen molar-refractivity contribution in [3.63, 3.8) is 0 Å². The van der Waals surface area contributed by atoms with Crippen LogP contribution in [0.1, 0.15) is 6.92 Å². The van der Waals surface area contributed by atoms with Gasteiger partial charge >= 0.3 is 167 Å². The van der Waals surface area contributed by atoms with E-state index in [4.69, 9.17) is 17.7 Å². The summed E-state index contributed by atoms with van der Waals surface area (Å²) in [5.41, 5.74) is 4.33. The second-order valence-electron chi connectivity index (χ2n) is 6.72. The topological polar surface area (TPSA) is 120 Å². The fourth-order valence-corrected chi connectivity index (χ4v) is 11.5. The second kappa shape index (κ2) is 11.9. The van der Waals surface area contributed by atoms with Gasteiger partial charge in [-0.05, 0) is 0 Å². The minimum Gasteiger partial charge on any atom is -0.741 e. The molecular formula is C23H20AsF3N2O5S. The molecule has 0 bridgehead atoms. The first kappa shape index (κ1) is 28.0. The summed E-state index contributed by atoms with van der Waals surface area (Å²) in [5.74, 6) is -0.580. The van der Waals surface area contributed by atoms with Gasteiger partial charge in [-0.2, -0.15) is 13.2 Å². The number of halogens is 3. The summed E-state index contributed by atoms with van der Waals surface area (Å²) < 4.78 is 67.2. The maximum Gasteiger partial charge on any atom is 0.485 e. The van der Waals surface area contributed by atoms with E-state index in [0.717, 1.165) is 13.1 Å². The molecule has 0 heterocycles. The first-order chi connectivity index (χ1) is 16.5. The summed E-state index contributed by atoms with van der Waals surface area (Å²) >= 11 is -3.61. The van der Waals surface area contributed by atoms with E-state index >= 15 is 0 Å². The van der Waals surface area contributed by atoms with Crippen LogP contribution in [-0.2, 0) is 19.6 Å². The molecule has 0 unspecified atom stereocenters. The number of carbonyl (C=O) groups excluding carboxylic acids is 1. The van der Waals surface area contributed by atoms with E-state index in [2.05, 4.69) is 4.79 Å². The Kier molecular flexibility index (Phi) is 9.56. The third-order valence-electron chi connectivity index (χ3n) is 4.58. The van der Waals surface area contributed by atoms with Crippen molar-refractivity contribution in [2.24, 2.45) is 0 Å². The Bertz CT molecular complexity index is 1190. The van der Waals surface area contributed by atoms with Gasteiger partial charge in [-0.3, -0.25) is 0 Å². The third-order valence-corrected chi connectivity index (χ3v) is 13.8. The minimum atomic E-state index is -6.09. The SMILES string of the molecule is CCOC(=O)C(=[N+]=[N-])[As+](c1ccccc1)(c1ccccc1)c1ccccc1.O=S(=O)([O-])C(F)(F)F. The van der Waals surface area contributed by atoms with Crippen LogP contribution in [0.3, 0.4) is 0 Å². The zero-order valence-electron chi connectivity index (χ0n) is 18.3. The molecule has 0 radical (unpaired) electrons. The number of rotatable bonds is 6. The molecule has 184 valence electrons. The average molecular weight is 568 g/mol. The van der Waals surface area contributed by atoms with Gasteiger partial charge in [0.25, 0.3) is 0 Å². The normalized spacial score (nSPS) is 11.5. The average Bonchev–Trinajstić information content (AvgIpc) is 2.83. The van der Waals surface area contributed by atoms with Gasteiger partial charge in [0, 0.05) is 0 Å². The van der Waals surface area contributed by atoms with Crippen LogP contribution in [-0.4, -0.2) is 53.9 Å². The quantitative estimate of drug-likeness (QED) is 0.0857. The molecule has 3 aromatic rings. The largest absolute Gasteiger partial charge is 0.741 e.